The average molecular weight is 392 g/mol. The normalized spacial score (nSPS) is 10.5. The lowest BCUT2D eigenvalue weighted by Gasteiger charge is -2.02. The van der Waals surface area contributed by atoms with Crippen molar-refractivity contribution in [1.29, 1.82) is 0 Å². The number of thioether (sulfide) groups is 1. The molecule has 0 aliphatic rings. The largest absolute Gasteiger partial charge is 0.333 e. The Balaban J connectivity index is 2.04. The summed E-state index contributed by atoms with van der Waals surface area (Å²) in [5.74, 6) is 1.66. The van der Waals surface area contributed by atoms with Crippen LogP contribution in [0.5, 0.6) is 0 Å². The second-order valence-electron chi connectivity index (χ2n) is 3.25. The van der Waals surface area contributed by atoms with E-state index in [0.29, 0.717) is 4.64 Å². The molecule has 17 heavy (non-hydrogen) atoms. The zero-order valence-electron chi connectivity index (χ0n) is 8.61. The third-order valence-corrected chi connectivity index (χ3v) is 4.74. The molecule has 0 atom stereocenters. The molecule has 1 N–H and O–H groups in total. The maximum atomic E-state index is 5.13. The van der Waals surface area contributed by atoms with Gasteiger partial charge < -0.3 is 4.98 Å². The van der Waals surface area contributed by atoms with Crippen LogP contribution in [0.1, 0.15) is 5.82 Å². The zero-order valence-corrected chi connectivity index (χ0v) is 13.4. The molecule has 6 heteroatoms. The second kappa shape index (κ2) is 6.13. The fraction of sp³-hybridized carbons (Fsp3) is 0.0909. The summed E-state index contributed by atoms with van der Waals surface area (Å²) < 4.78 is 2.60. The van der Waals surface area contributed by atoms with Crippen molar-refractivity contribution in [3.63, 3.8) is 0 Å². The van der Waals surface area contributed by atoms with E-state index >= 15 is 0 Å². The molecule has 1 aromatic carbocycles. The lowest BCUT2D eigenvalue weighted by atomic mass is 10.4. The molecule has 2 rings (SSSR count). The Morgan fingerprint density at radius 1 is 1.24 bits per heavy atom. The first-order chi connectivity index (χ1) is 8.15. The lowest BCUT2D eigenvalue weighted by Crippen LogP contribution is -1.92. The number of benzene rings is 1. The highest BCUT2D eigenvalue weighted by Gasteiger charge is 1.99. The van der Waals surface area contributed by atoms with Crippen LogP contribution in [0.3, 0.4) is 0 Å². The molecule has 2 nitrogen and oxygen atoms in total. The van der Waals surface area contributed by atoms with Crippen molar-refractivity contribution in [2.75, 3.05) is 0 Å². The number of hydrogen-bond donors (Lipinski definition) is 1. The summed E-state index contributed by atoms with van der Waals surface area (Å²) in [6, 6.07) is 8.20. The molecule has 0 saturated carbocycles. The van der Waals surface area contributed by atoms with E-state index in [1.54, 1.807) is 18.0 Å². The van der Waals surface area contributed by atoms with E-state index in [1.165, 1.54) is 4.90 Å². The SMILES string of the molecule is S=c1[nH]c(CSc2ccc(Br)cc2)ncc1Br. The van der Waals surface area contributed by atoms with Gasteiger partial charge in [-0.3, -0.25) is 0 Å². The Kier molecular flexibility index (Phi) is 4.78. The van der Waals surface area contributed by atoms with Crippen molar-refractivity contribution < 1.29 is 0 Å². The van der Waals surface area contributed by atoms with Gasteiger partial charge in [0.1, 0.15) is 10.5 Å². The van der Waals surface area contributed by atoms with Gasteiger partial charge in [0.2, 0.25) is 0 Å². The molecule has 0 saturated heterocycles. The van der Waals surface area contributed by atoms with E-state index < -0.39 is 0 Å². The molecule has 0 aliphatic carbocycles. The first kappa shape index (κ1) is 13.3. The predicted molar refractivity (Wildman–Crippen MR) is 80.8 cm³/mol. The Hall–Kier alpha value is -0.170. The third-order valence-electron chi connectivity index (χ3n) is 2.00. The fourth-order valence-corrected chi connectivity index (χ4v) is 2.59. The highest BCUT2D eigenvalue weighted by molar-refractivity contribution is 9.10. The fourth-order valence-electron chi connectivity index (χ4n) is 1.17. The monoisotopic (exact) mass is 390 g/mol. The third kappa shape index (κ3) is 3.91. The minimum atomic E-state index is 0.686. The zero-order chi connectivity index (χ0) is 12.3. The topological polar surface area (TPSA) is 28.7 Å². The number of aromatic amines is 1. The van der Waals surface area contributed by atoms with E-state index in [9.17, 15) is 0 Å². The molecule has 0 unspecified atom stereocenters. The summed E-state index contributed by atoms with van der Waals surface area (Å²) in [6.45, 7) is 0. The highest BCUT2D eigenvalue weighted by Crippen LogP contribution is 2.23. The molecule has 0 bridgehead atoms. The van der Waals surface area contributed by atoms with Crippen LogP contribution in [-0.2, 0) is 5.75 Å². The number of aromatic nitrogens is 2. The Morgan fingerprint density at radius 3 is 2.59 bits per heavy atom. The van der Waals surface area contributed by atoms with Gasteiger partial charge in [-0.1, -0.05) is 28.1 Å². The molecule has 0 amide bonds. The Morgan fingerprint density at radius 2 is 1.94 bits per heavy atom. The molecule has 0 spiro atoms. The van der Waals surface area contributed by atoms with Crippen molar-refractivity contribution in [2.45, 2.75) is 10.6 Å². The van der Waals surface area contributed by atoms with Crippen molar-refractivity contribution in [2.24, 2.45) is 0 Å². The Bertz CT molecular complexity index is 566. The molecule has 1 aromatic heterocycles. The van der Waals surface area contributed by atoms with Crippen LogP contribution in [0.2, 0.25) is 0 Å². The smallest absolute Gasteiger partial charge is 0.120 e. The first-order valence-electron chi connectivity index (χ1n) is 4.77. The highest BCUT2D eigenvalue weighted by atomic mass is 79.9. The van der Waals surface area contributed by atoms with E-state index in [1.807, 2.05) is 12.1 Å². The summed E-state index contributed by atoms with van der Waals surface area (Å²) >= 11 is 13.6. The van der Waals surface area contributed by atoms with Crippen molar-refractivity contribution in [1.82, 2.24) is 9.97 Å². The van der Waals surface area contributed by atoms with Crippen LogP contribution in [0.15, 0.2) is 44.3 Å². The van der Waals surface area contributed by atoms with E-state index in [0.717, 1.165) is 20.5 Å². The molecular weight excluding hydrogens is 384 g/mol. The van der Waals surface area contributed by atoms with Crippen molar-refractivity contribution in [3.8, 4) is 0 Å². The summed E-state index contributed by atoms with van der Waals surface area (Å²) in [5.41, 5.74) is 0. The van der Waals surface area contributed by atoms with Gasteiger partial charge in [0.15, 0.2) is 0 Å². The number of H-pyrrole nitrogens is 1. The number of halogens is 2. The van der Waals surface area contributed by atoms with Gasteiger partial charge in [0.25, 0.3) is 0 Å². The molecular formula is C11H8Br2N2S2. The number of nitrogens with one attached hydrogen (secondary N) is 1. The number of hydrogen-bond acceptors (Lipinski definition) is 3. The molecule has 88 valence electrons. The summed E-state index contributed by atoms with van der Waals surface area (Å²) in [5, 5.41) is 0. The lowest BCUT2D eigenvalue weighted by molar-refractivity contribution is 1.01. The second-order valence-corrected chi connectivity index (χ2v) is 6.48. The first-order valence-corrected chi connectivity index (χ1v) is 7.75. The summed E-state index contributed by atoms with van der Waals surface area (Å²) in [6.07, 6.45) is 1.73. The quantitative estimate of drug-likeness (QED) is 0.592. The van der Waals surface area contributed by atoms with Gasteiger partial charge in [0.05, 0.1) is 10.2 Å². The molecule has 0 radical (unpaired) electrons. The Labute approximate surface area is 126 Å². The molecule has 0 aliphatic heterocycles. The van der Waals surface area contributed by atoms with Crippen LogP contribution in [-0.4, -0.2) is 9.97 Å². The van der Waals surface area contributed by atoms with Gasteiger partial charge >= 0.3 is 0 Å². The molecule has 0 fully saturated rings. The average Bonchev–Trinajstić information content (AvgIpc) is 2.33. The minimum Gasteiger partial charge on any atom is -0.333 e. The van der Waals surface area contributed by atoms with Crippen molar-refractivity contribution >= 4 is 55.8 Å². The van der Waals surface area contributed by atoms with Gasteiger partial charge in [-0.15, -0.1) is 11.8 Å². The maximum absolute atomic E-state index is 5.13. The maximum Gasteiger partial charge on any atom is 0.120 e. The van der Waals surface area contributed by atoms with Gasteiger partial charge in [-0.05, 0) is 40.2 Å². The molecule has 2 aromatic rings. The summed E-state index contributed by atoms with van der Waals surface area (Å²) in [4.78, 5) is 8.56. The van der Waals surface area contributed by atoms with Gasteiger partial charge in [0, 0.05) is 15.6 Å². The van der Waals surface area contributed by atoms with E-state index in [-0.39, 0.29) is 0 Å². The van der Waals surface area contributed by atoms with Crippen molar-refractivity contribution in [3.05, 3.63) is 49.9 Å². The van der Waals surface area contributed by atoms with Gasteiger partial charge in [-0.2, -0.15) is 0 Å². The molecule has 1 heterocycles. The minimum absolute atomic E-state index is 0.686. The van der Waals surface area contributed by atoms with Gasteiger partial charge in [-0.25, -0.2) is 4.98 Å². The predicted octanol–water partition coefficient (Wildman–Crippen LogP) is 4.96. The van der Waals surface area contributed by atoms with E-state index in [2.05, 4.69) is 54.0 Å². The number of nitrogens with zero attached hydrogens (tertiary/aromatic N) is 1. The van der Waals surface area contributed by atoms with Crippen LogP contribution in [0.25, 0.3) is 0 Å². The van der Waals surface area contributed by atoms with E-state index in [4.69, 9.17) is 12.2 Å². The van der Waals surface area contributed by atoms with Crippen LogP contribution >= 0.6 is 55.8 Å². The van der Waals surface area contributed by atoms with Crippen LogP contribution in [0.4, 0.5) is 0 Å². The summed E-state index contributed by atoms with van der Waals surface area (Å²) in [7, 11) is 0. The standard InChI is InChI=1S/C11H8Br2N2S2/c12-7-1-3-8(4-2-7)17-6-10-14-5-9(13)11(16)15-10/h1-5H,6H2,(H,14,15,16). The van der Waals surface area contributed by atoms with Crippen LogP contribution < -0.4 is 0 Å². The number of rotatable bonds is 3. The van der Waals surface area contributed by atoms with Crippen LogP contribution in [0, 0.1) is 4.64 Å².